The Morgan fingerprint density at radius 1 is 1.39 bits per heavy atom. The molecule has 2 rings (SSSR count). The standard InChI is InChI=1S/C9H5Cl2N3O3S/c10-6-3-5(14(15)16)1-2-7(6)17-4-8-12-13-9(11)18-8/h1-3H,4H2. The molecule has 0 saturated carbocycles. The van der Waals surface area contributed by atoms with E-state index in [0.717, 1.165) is 0 Å². The van der Waals surface area contributed by atoms with Crippen LogP contribution in [0.1, 0.15) is 5.01 Å². The van der Waals surface area contributed by atoms with Gasteiger partial charge in [0.15, 0.2) is 5.01 Å². The van der Waals surface area contributed by atoms with Crippen molar-refractivity contribution >= 4 is 40.2 Å². The lowest BCUT2D eigenvalue weighted by Crippen LogP contribution is -1.96. The first-order chi connectivity index (χ1) is 8.56. The van der Waals surface area contributed by atoms with E-state index in [1.165, 1.54) is 29.5 Å². The second-order valence-corrected chi connectivity index (χ2v) is 5.16. The lowest BCUT2D eigenvalue weighted by atomic mass is 10.3. The number of nitro benzene ring substituents is 1. The van der Waals surface area contributed by atoms with Crippen LogP contribution in [0.25, 0.3) is 0 Å². The molecule has 0 N–H and O–H groups in total. The Bertz CT molecular complexity index is 590. The molecule has 0 aliphatic carbocycles. The lowest BCUT2D eigenvalue weighted by Gasteiger charge is -2.05. The Hall–Kier alpha value is -1.44. The molecule has 9 heteroatoms. The van der Waals surface area contributed by atoms with Gasteiger partial charge >= 0.3 is 0 Å². The Kier molecular flexibility index (Phi) is 3.95. The van der Waals surface area contributed by atoms with E-state index in [1.54, 1.807) is 0 Å². The summed E-state index contributed by atoms with van der Waals surface area (Å²) < 4.78 is 5.69. The first kappa shape index (κ1) is 13.0. The molecule has 1 aromatic heterocycles. The molecule has 18 heavy (non-hydrogen) atoms. The number of nitro groups is 1. The van der Waals surface area contributed by atoms with Crippen LogP contribution in [0.15, 0.2) is 18.2 Å². The fourth-order valence-electron chi connectivity index (χ4n) is 1.15. The van der Waals surface area contributed by atoms with Crippen molar-refractivity contribution in [3.8, 4) is 5.75 Å². The van der Waals surface area contributed by atoms with E-state index in [2.05, 4.69) is 10.2 Å². The number of benzene rings is 1. The molecule has 6 nitrogen and oxygen atoms in total. The SMILES string of the molecule is O=[N+]([O-])c1ccc(OCc2nnc(Cl)s2)c(Cl)c1. The molecular weight excluding hydrogens is 301 g/mol. The quantitative estimate of drug-likeness (QED) is 0.639. The molecule has 0 spiro atoms. The molecule has 1 heterocycles. The number of hydrogen-bond donors (Lipinski definition) is 0. The second-order valence-electron chi connectivity index (χ2n) is 3.11. The van der Waals surface area contributed by atoms with Gasteiger partial charge in [0.25, 0.3) is 5.69 Å². The topological polar surface area (TPSA) is 78.2 Å². The van der Waals surface area contributed by atoms with Crippen LogP contribution < -0.4 is 4.74 Å². The van der Waals surface area contributed by atoms with E-state index in [9.17, 15) is 10.1 Å². The number of aromatic nitrogens is 2. The predicted octanol–water partition coefficient (Wildman–Crippen LogP) is 3.33. The molecule has 0 aliphatic heterocycles. The number of rotatable bonds is 4. The third kappa shape index (κ3) is 3.06. The summed E-state index contributed by atoms with van der Waals surface area (Å²) in [4.78, 5) is 9.99. The normalized spacial score (nSPS) is 10.3. The largest absolute Gasteiger partial charge is 0.485 e. The third-order valence-corrected chi connectivity index (χ3v) is 3.21. The fourth-order valence-corrected chi connectivity index (χ4v) is 2.16. The summed E-state index contributed by atoms with van der Waals surface area (Å²) in [5.74, 6) is 0.341. The molecule has 0 radical (unpaired) electrons. The molecule has 0 fully saturated rings. The highest BCUT2D eigenvalue weighted by Gasteiger charge is 2.11. The van der Waals surface area contributed by atoms with Crippen molar-refractivity contribution in [3.63, 3.8) is 0 Å². The highest BCUT2D eigenvalue weighted by Crippen LogP contribution is 2.29. The van der Waals surface area contributed by atoms with Crippen LogP contribution in [-0.4, -0.2) is 15.1 Å². The summed E-state index contributed by atoms with van der Waals surface area (Å²) in [7, 11) is 0. The van der Waals surface area contributed by atoms with Crippen LogP contribution >= 0.6 is 34.5 Å². The van der Waals surface area contributed by atoms with Gasteiger partial charge in [-0.25, -0.2) is 0 Å². The van der Waals surface area contributed by atoms with Crippen LogP contribution in [0.4, 0.5) is 5.69 Å². The number of halogens is 2. The lowest BCUT2D eigenvalue weighted by molar-refractivity contribution is -0.384. The fraction of sp³-hybridized carbons (Fsp3) is 0.111. The van der Waals surface area contributed by atoms with Crippen molar-refractivity contribution in [1.29, 1.82) is 0 Å². The maximum Gasteiger partial charge on any atom is 0.271 e. The molecule has 94 valence electrons. The molecule has 2 aromatic rings. The van der Waals surface area contributed by atoms with Gasteiger partial charge in [0.1, 0.15) is 12.4 Å². The second kappa shape index (κ2) is 5.47. The smallest absolute Gasteiger partial charge is 0.271 e. The van der Waals surface area contributed by atoms with Gasteiger partial charge < -0.3 is 4.74 Å². The van der Waals surface area contributed by atoms with Gasteiger partial charge in [-0.1, -0.05) is 22.9 Å². The summed E-state index contributed by atoms with van der Waals surface area (Å²) in [6.45, 7) is 0.155. The minimum atomic E-state index is -0.528. The van der Waals surface area contributed by atoms with Crippen LogP contribution in [0, 0.1) is 10.1 Å². The highest BCUT2D eigenvalue weighted by molar-refractivity contribution is 7.15. The average molecular weight is 306 g/mol. The molecule has 0 aliphatic rings. The van der Waals surface area contributed by atoms with Crippen molar-refractivity contribution in [2.75, 3.05) is 0 Å². The van der Waals surface area contributed by atoms with Gasteiger partial charge in [-0.2, -0.15) is 0 Å². The zero-order valence-electron chi connectivity index (χ0n) is 8.67. The zero-order valence-corrected chi connectivity index (χ0v) is 11.0. The van der Waals surface area contributed by atoms with E-state index in [0.29, 0.717) is 15.2 Å². The van der Waals surface area contributed by atoms with Crippen molar-refractivity contribution in [2.45, 2.75) is 6.61 Å². The van der Waals surface area contributed by atoms with E-state index in [4.69, 9.17) is 27.9 Å². The van der Waals surface area contributed by atoms with Crippen molar-refractivity contribution in [3.05, 3.63) is 42.8 Å². The Labute approximate surface area is 115 Å². The summed E-state index contributed by atoms with van der Waals surface area (Å²) in [6.07, 6.45) is 0. The Morgan fingerprint density at radius 2 is 2.17 bits per heavy atom. The maximum atomic E-state index is 10.5. The zero-order chi connectivity index (χ0) is 13.1. The Morgan fingerprint density at radius 3 is 2.72 bits per heavy atom. The Balaban J connectivity index is 2.08. The number of nitrogens with zero attached hydrogens (tertiary/aromatic N) is 3. The number of non-ortho nitro benzene ring substituents is 1. The van der Waals surface area contributed by atoms with Gasteiger partial charge in [-0.3, -0.25) is 10.1 Å². The van der Waals surface area contributed by atoms with Crippen molar-refractivity contribution in [1.82, 2.24) is 10.2 Å². The minimum Gasteiger partial charge on any atom is -0.485 e. The van der Waals surface area contributed by atoms with Crippen LogP contribution in [0.3, 0.4) is 0 Å². The molecule has 0 unspecified atom stereocenters. The molecule has 0 saturated heterocycles. The molecule has 1 aromatic carbocycles. The van der Waals surface area contributed by atoms with E-state index in [1.807, 2.05) is 0 Å². The molecule has 0 bridgehead atoms. The molecule has 0 amide bonds. The van der Waals surface area contributed by atoms with Gasteiger partial charge in [-0.05, 0) is 17.7 Å². The van der Waals surface area contributed by atoms with Crippen molar-refractivity contribution in [2.24, 2.45) is 0 Å². The van der Waals surface area contributed by atoms with Gasteiger partial charge in [0, 0.05) is 12.1 Å². The predicted molar refractivity (Wildman–Crippen MR) is 67.4 cm³/mol. The van der Waals surface area contributed by atoms with Gasteiger partial charge in [-0.15, -0.1) is 10.2 Å². The van der Waals surface area contributed by atoms with Crippen LogP contribution in [-0.2, 0) is 6.61 Å². The molecular formula is C9H5Cl2N3O3S. The summed E-state index contributed by atoms with van der Waals surface area (Å²) in [6, 6.07) is 3.97. The van der Waals surface area contributed by atoms with Crippen molar-refractivity contribution < 1.29 is 9.66 Å². The first-order valence-electron chi connectivity index (χ1n) is 4.61. The van der Waals surface area contributed by atoms with E-state index in [-0.39, 0.29) is 17.3 Å². The third-order valence-electron chi connectivity index (χ3n) is 1.92. The molecule has 0 atom stereocenters. The average Bonchev–Trinajstić information content (AvgIpc) is 2.73. The van der Waals surface area contributed by atoms with Crippen LogP contribution in [0.2, 0.25) is 9.49 Å². The number of ether oxygens (including phenoxy) is 1. The highest BCUT2D eigenvalue weighted by atomic mass is 35.5. The summed E-state index contributed by atoms with van der Waals surface area (Å²) in [5.41, 5.74) is -0.0914. The summed E-state index contributed by atoms with van der Waals surface area (Å²) >= 11 is 12.7. The van der Waals surface area contributed by atoms with Crippen LogP contribution in [0.5, 0.6) is 5.75 Å². The van der Waals surface area contributed by atoms with E-state index < -0.39 is 4.92 Å². The van der Waals surface area contributed by atoms with E-state index >= 15 is 0 Å². The maximum absolute atomic E-state index is 10.5. The van der Waals surface area contributed by atoms with Gasteiger partial charge in [0.2, 0.25) is 4.47 Å². The van der Waals surface area contributed by atoms with Gasteiger partial charge in [0.05, 0.1) is 9.95 Å². The minimum absolute atomic E-state index is 0.0914. The summed E-state index contributed by atoms with van der Waals surface area (Å²) in [5, 5.41) is 18.7. The number of hydrogen-bond acceptors (Lipinski definition) is 6. The first-order valence-corrected chi connectivity index (χ1v) is 6.18. The monoisotopic (exact) mass is 305 g/mol.